The molecular formula is C38H42N2O. The largest absolute Gasteiger partial charge is 0.489 e. The van der Waals surface area contributed by atoms with Crippen LogP contribution < -0.4 is 0 Å². The molecular weight excluding hydrogens is 500 g/mol. The lowest BCUT2D eigenvalue weighted by atomic mass is 9.72. The number of ether oxygens (including phenoxy) is 1. The summed E-state index contributed by atoms with van der Waals surface area (Å²) >= 11 is 0. The van der Waals surface area contributed by atoms with E-state index in [1.54, 1.807) is 11.1 Å². The van der Waals surface area contributed by atoms with E-state index in [2.05, 4.69) is 123 Å². The second-order valence-corrected chi connectivity index (χ2v) is 15.1. The second kappa shape index (κ2) is 7.94. The van der Waals surface area contributed by atoms with E-state index in [9.17, 15) is 0 Å². The molecule has 3 aliphatic heterocycles. The Kier molecular flexibility index (Phi) is 4.78. The van der Waals surface area contributed by atoms with Crippen molar-refractivity contribution in [2.24, 2.45) is 23.2 Å². The maximum absolute atomic E-state index is 7.02. The molecule has 9 rings (SSSR count). The highest BCUT2D eigenvalue weighted by Gasteiger charge is 2.71. The minimum atomic E-state index is -0.140. The van der Waals surface area contributed by atoms with Crippen molar-refractivity contribution >= 4 is 5.57 Å². The first-order valence-corrected chi connectivity index (χ1v) is 15.9. The summed E-state index contributed by atoms with van der Waals surface area (Å²) in [5.41, 5.74) is 8.87. The van der Waals surface area contributed by atoms with Crippen LogP contribution in [0.3, 0.4) is 0 Å². The predicted molar refractivity (Wildman–Crippen MR) is 166 cm³/mol. The molecule has 210 valence electrons. The highest BCUT2D eigenvalue weighted by Crippen LogP contribution is 2.65. The van der Waals surface area contributed by atoms with Crippen LogP contribution in [-0.4, -0.2) is 45.7 Å². The lowest BCUT2D eigenvalue weighted by Gasteiger charge is -2.49. The zero-order valence-electron chi connectivity index (χ0n) is 25.1. The Hall–Kier alpha value is -2.88. The number of allylic oxidation sites excluding steroid dienone is 6. The molecule has 8 aliphatic rings. The third-order valence-corrected chi connectivity index (χ3v) is 12.0. The fourth-order valence-electron chi connectivity index (χ4n) is 10.1. The fourth-order valence-corrected chi connectivity index (χ4v) is 10.1. The summed E-state index contributed by atoms with van der Waals surface area (Å²) in [5.74, 6) is 2.87. The maximum atomic E-state index is 7.02. The van der Waals surface area contributed by atoms with E-state index in [1.807, 2.05) is 0 Å². The van der Waals surface area contributed by atoms with Crippen molar-refractivity contribution in [2.75, 3.05) is 6.54 Å². The normalized spacial score (nSPS) is 41.9. The SMILES string of the molecule is CC(C)(C)C1=CCC(N2C3C=CC=CC3(C)N3CC4CCC5=C(OC6C=C7C=C7C56)C4C23C)C(c2ccccc2)=C1. The van der Waals surface area contributed by atoms with Crippen LogP contribution in [0.4, 0.5) is 0 Å². The standard InChI is InChI=1S/C38H42N2O/c1-36(2,3)26-15-17-30(28(21-26)23-11-7-6-8-12-23)40-32-13-9-10-18-37(32,4)39-22-24-14-16-27-33-29-19-25(29)20-31(33)41-35(27)34(24)38(39,40)5/h6-13,15,18-21,24,30-34H,14,16-17,22H2,1-5H3. The molecule has 3 heterocycles. The van der Waals surface area contributed by atoms with Crippen molar-refractivity contribution < 1.29 is 4.74 Å². The van der Waals surface area contributed by atoms with Gasteiger partial charge in [-0.15, -0.1) is 0 Å². The molecule has 5 aliphatic carbocycles. The van der Waals surface area contributed by atoms with Gasteiger partial charge in [-0.1, -0.05) is 93.6 Å². The monoisotopic (exact) mass is 542 g/mol. The molecule has 3 heteroatoms. The smallest absolute Gasteiger partial charge is 0.128 e. The van der Waals surface area contributed by atoms with Gasteiger partial charge in [0.1, 0.15) is 11.9 Å². The summed E-state index contributed by atoms with van der Waals surface area (Å²) in [6.07, 6.45) is 23.2. The van der Waals surface area contributed by atoms with Gasteiger partial charge in [0.2, 0.25) is 0 Å². The summed E-state index contributed by atoms with van der Waals surface area (Å²) in [5, 5.41) is 0. The molecule has 0 radical (unpaired) electrons. The van der Waals surface area contributed by atoms with Gasteiger partial charge >= 0.3 is 0 Å². The van der Waals surface area contributed by atoms with E-state index in [0.717, 1.165) is 13.0 Å². The molecule has 41 heavy (non-hydrogen) atoms. The van der Waals surface area contributed by atoms with Gasteiger partial charge in [-0.25, -0.2) is 0 Å². The van der Waals surface area contributed by atoms with Gasteiger partial charge in [-0.3, -0.25) is 9.80 Å². The van der Waals surface area contributed by atoms with E-state index in [4.69, 9.17) is 4.74 Å². The molecule has 0 aromatic heterocycles. The van der Waals surface area contributed by atoms with E-state index in [0.29, 0.717) is 29.8 Å². The topological polar surface area (TPSA) is 15.7 Å². The van der Waals surface area contributed by atoms with Crippen LogP contribution in [-0.2, 0) is 4.74 Å². The summed E-state index contributed by atoms with van der Waals surface area (Å²) in [6, 6.07) is 11.8. The van der Waals surface area contributed by atoms with Gasteiger partial charge in [-0.05, 0) is 83.9 Å². The Morgan fingerprint density at radius 3 is 2.63 bits per heavy atom. The first-order chi connectivity index (χ1) is 19.7. The first kappa shape index (κ1) is 24.7. The molecule has 3 nitrogen and oxygen atoms in total. The maximum Gasteiger partial charge on any atom is 0.128 e. The zero-order valence-corrected chi connectivity index (χ0v) is 25.1. The Labute approximate surface area is 245 Å². The van der Waals surface area contributed by atoms with Crippen LogP contribution in [0.25, 0.3) is 5.57 Å². The van der Waals surface area contributed by atoms with Crippen LogP contribution in [0.2, 0.25) is 0 Å². The Morgan fingerprint density at radius 1 is 1.00 bits per heavy atom. The van der Waals surface area contributed by atoms with Crippen LogP contribution in [0, 0.1) is 23.2 Å². The van der Waals surface area contributed by atoms with E-state index >= 15 is 0 Å². The van der Waals surface area contributed by atoms with Crippen LogP contribution in [0.1, 0.15) is 59.4 Å². The van der Waals surface area contributed by atoms with Crippen LogP contribution in [0.15, 0.2) is 107 Å². The van der Waals surface area contributed by atoms with Gasteiger partial charge in [-0.2, -0.15) is 0 Å². The third kappa shape index (κ3) is 3.12. The van der Waals surface area contributed by atoms with Crippen molar-refractivity contribution in [2.45, 2.75) is 83.3 Å². The van der Waals surface area contributed by atoms with E-state index < -0.39 is 0 Å². The van der Waals surface area contributed by atoms with Crippen molar-refractivity contribution in [1.82, 2.24) is 9.80 Å². The number of rotatable bonds is 2. The average molecular weight is 543 g/mol. The second-order valence-electron chi connectivity index (χ2n) is 15.1. The lowest BCUT2D eigenvalue weighted by molar-refractivity contribution is -0.0191. The Bertz CT molecular complexity index is 1580. The lowest BCUT2D eigenvalue weighted by Crippen LogP contribution is -2.58. The number of hydrogen-bond acceptors (Lipinski definition) is 3. The highest BCUT2D eigenvalue weighted by molar-refractivity contribution is 5.75. The third-order valence-electron chi connectivity index (χ3n) is 12.0. The summed E-state index contributed by atoms with van der Waals surface area (Å²) in [4.78, 5) is 5.86. The number of benzene rings is 1. The van der Waals surface area contributed by atoms with Gasteiger partial charge < -0.3 is 4.74 Å². The van der Waals surface area contributed by atoms with Gasteiger partial charge in [0, 0.05) is 18.5 Å². The summed E-state index contributed by atoms with van der Waals surface area (Å²) in [7, 11) is 0. The van der Waals surface area contributed by atoms with Crippen molar-refractivity contribution in [1.29, 1.82) is 0 Å². The molecule has 0 spiro atoms. The number of nitrogens with zero attached hydrogens (tertiary/aromatic N) is 2. The minimum Gasteiger partial charge on any atom is -0.489 e. The quantitative estimate of drug-likeness (QED) is 0.383. The molecule has 0 amide bonds. The molecule has 2 fully saturated rings. The molecule has 2 saturated heterocycles. The van der Waals surface area contributed by atoms with Gasteiger partial charge in [0.05, 0.1) is 23.2 Å². The molecule has 0 N–H and O–H groups in total. The van der Waals surface area contributed by atoms with Crippen molar-refractivity contribution in [3.8, 4) is 0 Å². The van der Waals surface area contributed by atoms with E-state index in [1.165, 1.54) is 40.9 Å². The van der Waals surface area contributed by atoms with Crippen molar-refractivity contribution in [3.05, 3.63) is 113 Å². The first-order valence-electron chi connectivity index (χ1n) is 15.9. The highest BCUT2D eigenvalue weighted by atomic mass is 16.5. The van der Waals surface area contributed by atoms with Crippen LogP contribution in [0.5, 0.6) is 0 Å². The summed E-state index contributed by atoms with van der Waals surface area (Å²) < 4.78 is 7.02. The fraction of sp³-hybridized carbons (Fsp3) is 0.474. The molecule has 0 bridgehead atoms. The predicted octanol–water partition coefficient (Wildman–Crippen LogP) is 7.59. The zero-order chi connectivity index (χ0) is 27.9. The Morgan fingerprint density at radius 2 is 1.83 bits per heavy atom. The number of fused-ring (bicyclic) bond motifs is 10. The van der Waals surface area contributed by atoms with Gasteiger partial charge in [0.25, 0.3) is 0 Å². The summed E-state index contributed by atoms with van der Waals surface area (Å²) in [6.45, 7) is 13.3. The van der Waals surface area contributed by atoms with Crippen molar-refractivity contribution in [3.63, 3.8) is 0 Å². The van der Waals surface area contributed by atoms with E-state index in [-0.39, 0.29) is 22.7 Å². The molecule has 8 atom stereocenters. The van der Waals surface area contributed by atoms with Gasteiger partial charge in [0.15, 0.2) is 0 Å². The average Bonchev–Trinajstić information content (AvgIpc) is 3.22. The molecule has 1 aromatic carbocycles. The number of hydrogen-bond donors (Lipinski definition) is 0. The Balaban J connectivity index is 1.21. The molecule has 1 aromatic rings. The molecule has 8 unspecified atom stereocenters. The minimum absolute atomic E-state index is 0.0437. The molecule has 0 saturated carbocycles. The van der Waals surface area contributed by atoms with Crippen LogP contribution >= 0.6 is 0 Å².